The molecule has 0 atom stereocenters. The van der Waals surface area contributed by atoms with E-state index in [1.807, 2.05) is 66.7 Å². The molecule has 3 nitrogen and oxygen atoms in total. The summed E-state index contributed by atoms with van der Waals surface area (Å²) in [6.07, 6.45) is 0.874. The van der Waals surface area contributed by atoms with Crippen molar-refractivity contribution in [3.63, 3.8) is 0 Å². The van der Waals surface area contributed by atoms with Crippen LogP contribution in [0.3, 0.4) is 0 Å². The number of nitrogens with zero attached hydrogens (tertiary/aromatic N) is 1. The van der Waals surface area contributed by atoms with Crippen LogP contribution in [0.25, 0.3) is 11.1 Å². The summed E-state index contributed by atoms with van der Waals surface area (Å²) >= 11 is 0. The van der Waals surface area contributed by atoms with Gasteiger partial charge in [0.1, 0.15) is 0 Å². The van der Waals surface area contributed by atoms with Gasteiger partial charge in [0.05, 0.1) is 0 Å². The molecular formula is C22H19NO2. The van der Waals surface area contributed by atoms with Crippen LogP contribution in [0.4, 0.5) is 0 Å². The average Bonchev–Trinajstić information content (AvgIpc) is 2.68. The molecule has 3 rings (SSSR count). The molecule has 0 unspecified atom stereocenters. The standard InChI is InChI=1S/C22H19NO2/c1-23(22(25)18-11-6-3-7-12-18)15-19-13-8-14-20(21(19)16-24)17-9-4-2-5-10-17/h2-14,16H,15H2,1H3. The quantitative estimate of drug-likeness (QED) is 0.649. The molecule has 0 fully saturated rings. The zero-order chi connectivity index (χ0) is 17.6. The molecular weight excluding hydrogens is 310 g/mol. The van der Waals surface area contributed by atoms with Crippen LogP contribution in [0.15, 0.2) is 78.9 Å². The summed E-state index contributed by atoms with van der Waals surface area (Å²) in [5.74, 6) is -0.0671. The Bertz CT molecular complexity index is 873. The van der Waals surface area contributed by atoms with Crippen LogP contribution in [-0.4, -0.2) is 24.1 Å². The molecule has 3 aromatic carbocycles. The van der Waals surface area contributed by atoms with Crippen LogP contribution in [-0.2, 0) is 6.54 Å². The molecule has 1 amide bonds. The van der Waals surface area contributed by atoms with Crippen molar-refractivity contribution in [1.29, 1.82) is 0 Å². The number of carbonyl (C=O) groups excluding carboxylic acids is 2. The lowest BCUT2D eigenvalue weighted by Crippen LogP contribution is -2.26. The Kier molecular flexibility index (Phi) is 5.05. The maximum absolute atomic E-state index is 12.5. The minimum Gasteiger partial charge on any atom is -0.337 e. The van der Waals surface area contributed by atoms with E-state index >= 15 is 0 Å². The first-order chi connectivity index (χ1) is 12.2. The molecule has 0 saturated carbocycles. The molecule has 0 spiro atoms. The highest BCUT2D eigenvalue weighted by atomic mass is 16.2. The van der Waals surface area contributed by atoms with Crippen LogP contribution in [0.1, 0.15) is 26.3 Å². The van der Waals surface area contributed by atoms with Crippen LogP contribution in [0.2, 0.25) is 0 Å². The van der Waals surface area contributed by atoms with Gasteiger partial charge in [0.2, 0.25) is 0 Å². The molecule has 0 N–H and O–H groups in total. The zero-order valence-corrected chi connectivity index (χ0v) is 14.1. The van der Waals surface area contributed by atoms with Crippen molar-refractivity contribution >= 4 is 12.2 Å². The predicted molar refractivity (Wildman–Crippen MR) is 99.5 cm³/mol. The SMILES string of the molecule is CN(Cc1cccc(-c2ccccc2)c1C=O)C(=O)c1ccccc1. The second-order valence-electron chi connectivity index (χ2n) is 5.89. The van der Waals surface area contributed by atoms with E-state index in [1.165, 1.54) is 0 Å². The highest BCUT2D eigenvalue weighted by Crippen LogP contribution is 2.26. The van der Waals surface area contributed by atoms with E-state index in [2.05, 4.69) is 0 Å². The fraction of sp³-hybridized carbons (Fsp3) is 0.0909. The van der Waals surface area contributed by atoms with Gasteiger partial charge in [-0.2, -0.15) is 0 Å². The number of carbonyl (C=O) groups is 2. The summed E-state index contributed by atoms with van der Waals surface area (Å²) in [5, 5.41) is 0. The fourth-order valence-electron chi connectivity index (χ4n) is 2.89. The Morgan fingerprint density at radius 2 is 1.52 bits per heavy atom. The van der Waals surface area contributed by atoms with E-state index in [4.69, 9.17) is 0 Å². The minimum absolute atomic E-state index is 0.0671. The number of rotatable bonds is 5. The fourth-order valence-corrected chi connectivity index (χ4v) is 2.89. The van der Waals surface area contributed by atoms with Crippen LogP contribution >= 0.6 is 0 Å². The summed E-state index contributed by atoms with van der Waals surface area (Å²) in [7, 11) is 1.75. The van der Waals surface area contributed by atoms with E-state index in [0.717, 1.165) is 23.0 Å². The minimum atomic E-state index is -0.0671. The number of hydrogen-bond acceptors (Lipinski definition) is 2. The summed E-state index contributed by atoms with van der Waals surface area (Å²) in [6, 6.07) is 24.7. The van der Waals surface area contributed by atoms with Gasteiger partial charge in [-0.15, -0.1) is 0 Å². The second-order valence-corrected chi connectivity index (χ2v) is 5.89. The van der Waals surface area contributed by atoms with Crippen LogP contribution < -0.4 is 0 Å². The van der Waals surface area contributed by atoms with Crippen molar-refractivity contribution in [3.8, 4) is 11.1 Å². The zero-order valence-electron chi connectivity index (χ0n) is 14.1. The number of amides is 1. The molecule has 0 heterocycles. The smallest absolute Gasteiger partial charge is 0.253 e. The molecule has 0 aliphatic rings. The van der Waals surface area contributed by atoms with Gasteiger partial charge in [-0.25, -0.2) is 0 Å². The topological polar surface area (TPSA) is 37.4 Å². The highest BCUT2D eigenvalue weighted by molar-refractivity contribution is 5.94. The Morgan fingerprint density at radius 3 is 2.16 bits per heavy atom. The van der Waals surface area contributed by atoms with Crippen molar-refractivity contribution in [2.24, 2.45) is 0 Å². The maximum Gasteiger partial charge on any atom is 0.253 e. The van der Waals surface area contributed by atoms with Crippen molar-refractivity contribution in [3.05, 3.63) is 95.6 Å². The third-order valence-electron chi connectivity index (χ3n) is 4.17. The highest BCUT2D eigenvalue weighted by Gasteiger charge is 2.15. The van der Waals surface area contributed by atoms with Crippen LogP contribution in [0.5, 0.6) is 0 Å². The molecule has 124 valence electrons. The Hall–Kier alpha value is -3.20. The van der Waals surface area contributed by atoms with Gasteiger partial charge in [-0.1, -0.05) is 66.7 Å². The van der Waals surface area contributed by atoms with Gasteiger partial charge in [0.15, 0.2) is 6.29 Å². The molecule has 3 aromatic rings. The number of aldehydes is 1. The van der Waals surface area contributed by atoms with E-state index < -0.39 is 0 Å². The molecule has 0 aromatic heterocycles. The summed E-state index contributed by atoms with van der Waals surface area (Å²) < 4.78 is 0. The van der Waals surface area contributed by atoms with Gasteiger partial charge in [-0.05, 0) is 28.8 Å². The molecule has 0 saturated heterocycles. The Morgan fingerprint density at radius 1 is 0.880 bits per heavy atom. The van der Waals surface area contributed by atoms with Gasteiger partial charge >= 0.3 is 0 Å². The van der Waals surface area contributed by atoms with Gasteiger partial charge in [-0.3, -0.25) is 9.59 Å². The van der Waals surface area contributed by atoms with Crippen molar-refractivity contribution < 1.29 is 9.59 Å². The third kappa shape index (κ3) is 3.66. The molecule has 25 heavy (non-hydrogen) atoms. The lowest BCUT2D eigenvalue weighted by molar-refractivity contribution is 0.0784. The average molecular weight is 329 g/mol. The summed E-state index contributed by atoms with van der Waals surface area (Å²) in [4.78, 5) is 25.9. The monoisotopic (exact) mass is 329 g/mol. The van der Waals surface area contributed by atoms with Gasteiger partial charge in [0, 0.05) is 24.7 Å². The van der Waals surface area contributed by atoms with Crippen LogP contribution in [0, 0.1) is 0 Å². The van der Waals surface area contributed by atoms with Crippen molar-refractivity contribution in [2.45, 2.75) is 6.54 Å². The van der Waals surface area contributed by atoms with E-state index in [9.17, 15) is 9.59 Å². The first kappa shape index (κ1) is 16.7. The van der Waals surface area contributed by atoms with E-state index in [1.54, 1.807) is 24.1 Å². The van der Waals surface area contributed by atoms with E-state index in [-0.39, 0.29) is 5.91 Å². The number of hydrogen-bond donors (Lipinski definition) is 0. The van der Waals surface area contributed by atoms with Gasteiger partial charge in [0.25, 0.3) is 5.91 Å². The molecule has 0 aliphatic heterocycles. The third-order valence-corrected chi connectivity index (χ3v) is 4.17. The lowest BCUT2D eigenvalue weighted by Gasteiger charge is -2.19. The van der Waals surface area contributed by atoms with E-state index in [0.29, 0.717) is 17.7 Å². The first-order valence-electron chi connectivity index (χ1n) is 8.13. The largest absolute Gasteiger partial charge is 0.337 e. The summed E-state index contributed by atoms with van der Waals surface area (Å²) in [5.41, 5.74) is 3.97. The first-order valence-corrected chi connectivity index (χ1v) is 8.13. The van der Waals surface area contributed by atoms with Crippen molar-refractivity contribution in [1.82, 2.24) is 4.90 Å². The summed E-state index contributed by atoms with van der Waals surface area (Å²) in [6.45, 7) is 0.377. The molecule has 0 radical (unpaired) electrons. The van der Waals surface area contributed by atoms with Gasteiger partial charge < -0.3 is 4.90 Å². The molecule has 0 bridgehead atoms. The molecule has 0 aliphatic carbocycles. The molecule has 3 heteroatoms. The Balaban J connectivity index is 1.90. The Labute approximate surface area is 147 Å². The predicted octanol–water partition coefficient (Wildman–Crippen LogP) is 4.44. The second kappa shape index (κ2) is 7.58. The maximum atomic E-state index is 12.5. The number of benzene rings is 3. The normalized spacial score (nSPS) is 10.3. The van der Waals surface area contributed by atoms with Crippen molar-refractivity contribution in [2.75, 3.05) is 7.05 Å². The lowest BCUT2D eigenvalue weighted by atomic mass is 9.96.